The van der Waals surface area contributed by atoms with Gasteiger partial charge in [0, 0.05) is 4.90 Å². The van der Waals surface area contributed by atoms with E-state index in [0.717, 1.165) is 11.8 Å². The Morgan fingerprint density at radius 1 is 1.06 bits per heavy atom. The summed E-state index contributed by atoms with van der Waals surface area (Å²) in [6, 6.07) is 10.2. The molecule has 0 saturated heterocycles. The summed E-state index contributed by atoms with van der Waals surface area (Å²) >= 11 is 2.12. The predicted molar refractivity (Wildman–Crippen MR) is 65.4 cm³/mol. The lowest BCUT2D eigenvalue weighted by Gasteiger charge is -2.18. The molecule has 0 N–H and O–H groups in total. The lowest BCUT2D eigenvalue weighted by molar-refractivity contribution is -0.129. The normalized spacial score (nSPS) is 13.6. The van der Waals surface area contributed by atoms with Crippen molar-refractivity contribution in [3.05, 3.63) is 52.7 Å². The topological polar surface area (TPSA) is 0 Å². The molecule has 1 aromatic heterocycles. The molecule has 2 rings (SSSR count). The second kappa shape index (κ2) is 5.14. The van der Waals surface area contributed by atoms with Crippen LogP contribution in [0.4, 0.5) is 13.2 Å². The zero-order chi connectivity index (χ0) is 12.3. The molecule has 0 nitrogen and oxygen atoms in total. The molecule has 1 atom stereocenters. The zero-order valence-electron chi connectivity index (χ0n) is 8.65. The molecule has 1 unspecified atom stereocenters. The maximum absolute atomic E-state index is 13.0. The highest BCUT2D eigenvalue weighted by Crippen LogP contribution is 2.46. The van der Waals surface area contributed by atoms with Crippen LogP contribution in [0.1, 0.15) is 10.8 Å². The van der Waals surface area contributed by atoms with E-state index in [1.165, 1.54) is 17.4 Å². The average molecular weight is 274 g/mol. The quantitative estimate of drug-likeness (QED) is 0.698. The maximum Gasteiger partial charge on any atom is 0.404 e. The monoisotopic (exact) mass is 274 g/mol. The Kier molecular flexibility index (Phi) is 3.79. The number of thioether (sulfide) groups is 1. The summed E-state index contributed by atoms with van der Waals surface area (Å²) in [5.74, 6) is 0. The summed E-state index contributed by atoms with van der Waals surface area (Å²) in [6.45, 7) is 0. The minimum Gasteiger partial charge on any atom is -0.169 e. The Balaban J connectivity index is 2.24. The van der Waals surface area contributed by atoms with E-state index in [2.05, 4.69) is 0 Å². The van der Waals surface area contributed by atoms with Crippen LogP contribution < -0.4 is 0 Å². The predicted octanol–water partition coefficient (Wildman–Crippen LogP) is 5.14. The fourth-order valence-corrected chi connectivity index (χ4v) is 3.16. The van der Waals surface area contributed by atoms with E-state index < -0.39 is 11.4 Å². The molecule has 0 aliphatic carbocycles. The molecular formula is C12H9F3S2. The smallest absolute Gasteiger partial charge is 0.169 e. The molecule has 1 heterocycles. The van der Waals surface area contributed by atoms with Gasteiger partial charge in [0.2, 0.25) is 0 Å². The molecule has 2 aromatic rings. The van der Waals surface area contributed by atoms with Crippen molar-refractivity contribution in [3.63, 3.8) is 0 Å². The summed E-state index contributed by atoms with van der Waals surface area (Å²) in [6.07, 6.45) is -4.23. The highest BCUT2D eigenvalue weighted by atomic mass is 32.2. The second-order valence-electron chi connectivity index (χ2n) is 3.41. The van der Waals surface area contributed by atoms with Crippen LogP contribution in [0, 0.1) is 0 Å². The van der Waals surface area contributed by atoms with Crippen molar-refractivity contribution < 1.29 is 13.2 Å². The minimum atomic E-state index is -4.23. The van der Waals surface area contributed by atoms with Gasteiger partial charge in [-0.3, -0.25) is 0 Å². The first-order valence-corrected chi connectivity index (χ1v) is 6.70. The maximum atomic E-state index is 13.0. The number of halogens is 3. The lowest BCUT2D eigenvalue weighted by Crippen LogP contribution is -2.17. The van der Waals surface area contributed by atoms with Gasteiger partial charge in [0.25, 0.3) is 0 Å². The number of hydrogen-bond acceptors (Lipinski definition) is 2. The van der Waals surface area contributed by atoms with Crippen LogP contribution in [0.25, 0.3) is 0 Å². The minimum absolute atomic E-state index is 0.316. The summed E-state index contributed by atoms with van der Waals surface area (Å²) in [5.41, 5.74) is 0.316. The van der Waals surface area contributed by atoms with E-state index >= 15 is 0 Å². The lowest BCUT2D eigenvalue weighted by atomic mass is 10.2. The van der Waals surface area contributed by atoms with E-state index in [4.69, 9.17) is 0 Å². The van der Waals surface area contributed by atoms with E-state index in [1.807, 2.05) is 0 Å². The van der Waals surface area contributed by atoms with Crippen LogP contribution in [0.2, 0.25) is 0 Å². The SMILES string of the molecule is FC(F)(F)C(Sc1ccccc1)c1ccsc1. The van der Waals surface area contributed by atoms with E-state index in [1.54, 1.807) is 41.1 Å². The molecule has 5 heteroatoms. The summed E-state index contributed by atoms with van der Waals surface area (Å²) in [7, 11) is 0. The molecule has 1 aromatic carbocycles. The molecule has 0 aliphatic heterocycles. The first-order chi connectivity index (χ1) is 8.07. The Hall–Kier alpha value is -0.940. The molecule has 90 valence electrons. The highest BCUT2D eigenvalue weighted by molar-refractivity contribution is 7.99. The molecule has 0 fully saturated rings. The van der Waals surface area contributed by atoms with Gasteiger partial charge in [-0.2, -0.15) is 24.5 Å². The molecule has 0 bridgehead atoms. The summed E-state index contributed by atoms with van der Waals surface area (Å²) < 4.78 is 38.9. The van der Waals surface area contributed by atoms with Gasteiger partial charge in [0.1, 0.15) is 5.25 Å². The molecule has 0 spiro atoms. The van der Waals surface area contributed by atoms with Gasteiger partial charge >= 0.3 is 6.18 Å². The van der Waals surface area contributed by atoms with E-state index in [-0.39, 0.29) is 0 Å². The van der Waals surface area contributed by atoms with Crippen molar-refractivity contribution in [2.75, 3.05) is 0 Å². The van der Waals surface area contributed by atoms with Crippen LogP contribution >= 0.6 is 23.1 Å². The van der Waals surface area contributed by atoms with Crippen molar-refractivity contribution in [2.24, 2.45) is 0 Å². The van der Waals surface area contributed by atoms with E-state index in [0.29, 0.717) is 10.5 Å². The van der Waals surface area contributed by atoms with Crippen molar-refractivity contribution >= 4 is 23.1 Å². The Morgan fingerprint density at radius 2 is 1.76 bits per heavy atom. The fraction of sp³-hybridized carbons (Fsp3) is 0.167. The number of alkyl halides is 3. The molecule has 17 heavy (non-hydrogen) atoms. The molecular weight excluding hydrogens is 265 g/mol. The fourth-order valence-electron chi connectivity index (χ4n) is 1.38. The molecule has 0 radical (unpaired) electrons. The first kappa shape index (κ1) is 12.5. The zero-order valence-corrected chi connectivity index (χ0v) is 10.3. The number of hydrogen-bond donors (Lipinski definition) is 0. The van der Waals surface area contributed by atoms with Gasteiger partial charge in [-0.25, -0.2) is 0 Å². The van der Waals surface area contributed by atoms with Crippen LogP contribution in [0.15, 0.2) is 52.1 Å². The van der Waals surface area contributed by atoms with Crippen molar-refractivity contribution in [1.82, 2.24) is 0 Å². The van der Waals surface area contributed by atoms with Crippen molar-refractivity contribution in [1.29, 1.82) is 0 Å². The van der Waals surface area contributed by atoms with E-state index in [9.17, 15) is 13.2 Å². The third kappa shape index (κ3) is 3.26. The summed E-state index contributed by atoms with van der Waals surface area (Å²) in [4.78, 5) is 0.626. The highest BCUT2D eigenvalue weighted by Gasteiger charge is 2.41. The van der Waals surface area contributed by atoms with Crippen molar-refractivity contribution in [2.45, 2.75) is 16.3 Å². The standard InChI is InChI=1S/C12H9F3S2/c13-12(14,15)11(9-6-7-16-8-9)17-10-4-2-1-3-5-10/h1-8,11H. The second-order valence-corrected chi connectivity index (χ2v) is 5.37. The van der Waals surface area contributed by atoms with Gasteiger partial charge in [-0.1, -0.05) is 18.2 Å². The van der Waals surface area contributed by atoms with Gasteiger partial charge in [0.15, 0.2) is 0 Å². The Bertz CT molecular complexity index is 448. The third-order valence-electron chi connectivity index (χ3n) is 2.14. The van der Waals surface area contributed by atoms with Crippen LogP contribution in [-0.2, 0) is 0 Å². The number of rotatable bonds is 3. The van der Waals surface area contributed by atoms with Gasteiger partial charge in [-0.05, 0) is 34.5 Å². The van der Waals surface area contributed by atoms with Crippen LogP contribution in [0.3, 0.4) is 0 Å². The first-order valence-electron chi connectivity index (χ1n) is 4.88. The molecule has 0 saturated carbocycles. The average Bonchev–Trinajstić information content (AvgIpc) is 2.79. The number of benzene rings is 1. The van der Waals surface area contributed by atoms with Crippen molar-refractivity contribution in [3.8, 4) is 0 Å². The molecule has 0 amide bonds. The Morgan fingerprint density at radius 3 is 2.29 bits per heavy atom. The summed E-state index contributed by atoms with van der Waals surface area (Å²) in [5, 5.41) is 1.73. The van der Waals surface area contributed by atoms with Crippen LogP contribution in [0.5, 0.6) is 0 Å². The van der Waals surface area contributed by atoms with Gasteiger partial charge in [0.05, 0.1) is 0 Å². The number of thiophene rings is 1. The van der Waals surface area contributed by atoms with Crippen LogP contribution in [-0.4, -0.2) is 6.18 Å². The largest absolute Gasteiger partial charge is 0.404 e. The third-order valence-corrected chi connectivity index (χ3v) is 4.16. The Labute approximate surface area is 105 Å². The molecule has 0 aliphatic rings. The van der Waals surface area contributed by atoms with Gasteiger partial charge < -0.3 is 0 Å². The van der Waals surface area contributed by atoms with Gasteiger partial charge in [-0.15, -0.1) is 11.8 Å².